The van der Waals surface area contributed by atoms with E-state index in [1.807, 2.05) is 48.2 Å². The van der Waals surface area contributed by atoms with Gasteiger partial charge in [0.25, 0.3) is 0 Å². The van der Waals surface area contributed by atoms with Gasteiger partial charge in [0.2, 0.25) is 11.8 Å². The Bertz CT molecular complexity index is 1350. The predicted octanol–water partition coefficient (Wildman–Crippen LogP) is 7.40. The maximum atomic E-state index is 14.0. The number of nitrogens with one attached hydrogen (secondary N) is 2. The molecule has 1 saturated heterocycles. The van der Waals surface area contributed by atoms with Gasteiger partial charge >= 0.3 is 0 Å². The van der Waals surface area contributed by atoms with Crippen LogP contribution in [0.2, 0.25) is 5.02 Å². The van der Waals surface area contributed by atoms with Gasteiger partial charge < -0.3 is 20.3 Å². The van der Waals surface area contributed by atoms with Crippen LogP contribution in [0.15, 0.2) is 90.6 Å². The van der Waals surface area contributed by atoms with Crippen LogP contribution >= 0.6 is 11.6 Å². The fraction of sp³-hybridized carbons (Fsp3) is 0.512. The number of amides is 2. The number of nitrogens with zero attached hydrogens (tertiary/aromatic N) is 2. The van der Waals surface area contributed by atoms with Gasteiger partial charge in [-0.05, 0) is 80.0 Å². The summed E-state index contributed by atoms with van der Waals surface area (Å²) in [6, 6.07) is 17.7. The molecule has 0 radical (unpaired) electrons. The monoisotopic (exact) mass is 690 g/mol. The third kappa shape index (κ3) is 12.9. The summed E-state index contributed by atoms with van der Waals surface area (Å²) < 4.78 is 5.07. The van der Waals surface area contributed by atoms with E-state index in [2.05, 4.69) is 86.2 Å². The highest BCUT2D eigenvalue weighted by Crippen LogP contribution is 2.36. The smallest absolute Gasteiger partial charge is 0.245 e. The number of carbonyl (C=O) groups is 2. The van der Waals surface area contributed by atoms with Crippen molar-refractivity contribution in [1.82, 2.24) is 20.4 Å². The van der Waals surface area contributed by atoms with Crippen LogP contribution in [0.5, 0.6) is 0 Å². The zero-order valence-electron chi connectivity index (χ0n) is 30.4. The number of ether oxygens (including phenoxy) is 1. The highest BCUT2D eigenvalue weighted by molar-refractivity contribution is 6.30. The number of benzene rings is 2. The standard InChI is InChI=1S/C35H44ClN3O2.C6H15NO/c1-5-7-11-30-24-32(25(3)22-28(30)6-2)34(40)37-33(23-27-14-16-31(36)17-15-27)35(41)39-20-18-38(19-21-39)26(4)29-12-9-8-10-13-29;1-3-7-5-6-8-4-2/h6-17,25-26,32-33H,2,5,18-24H2,1,3-4H3,(H,37,40);7H,3-6H2,1-2H3/b11-7-;. The molecule has 2 aromatic rings. The molecule has 1 aliphatic heterocycles. The van der Waals surface area contributed by atoms with Crippen LogP contribution in [0, 0.1) is 11.8 Å². The van der Waals surface area contributed by atoms with Gasteiger partial charge in [-0.25, -0.2) is 0 Å². The third-order valence-corrected chi connectivity index (χ3v) is 9.77. The first-order valence-corrected chi connectivity index (χ1v) is 18.5. The topological polar surface area (TPSA) is 73.9 Å². The number of piperazine rings is 1. The summed E-state index contributed by atoms with van der Waals surface area (Å²) >= 11 is 6.12. The predicted molar refractivity (Wildman–Crippen MR) is 204 cm³/mol. The van der Waals surface area contributed by atoms with E-state index >= 15 is 0 Å². The van der Waals surface area contributed by atoms with E-state index in [4.69, 9.17) is 16.3 Å². The Labute approximate surface area is 300 Å². The fourth-order valence-electron chi connectivity index (χ4n) is 6.48. The summed E-state index contributed by atoms with van der Waals surface area (Å²) in [4.78, 5) is 32.1. The molecule has 2 aromatic carbocycles. The molecule has 8 heteroatoms. The van der Waals surface area contributed by atoms with Crippen molar-refractivity contribution < 1.29 is 14.3 Å². The Kier molecular flexibility index (Phi) is 17.9. The van der Waals surface area contributed by atoms with Crippen LogP contribution in [0.3, 0.4) is 0 Å². The molecule has 268 valence electrons. The maximum Gasteiger partial charge on any atom is 0.245 e. The lowest BCUT2D eigenvalue weighted by Crippen LogP contribution is -2.56. The minimum Gasteiger partial charge on any atom is -0.380 e. The van der Waals surface area contributed by atoms with Gasteiger partial charge in [-0.15, -0.1) is 0 Å². The highest BCUT2D eigenvalue weighted by Gasteiger charge is 2.35. The van der Waals surface area contributed by atoms with Crippen molar-refractivity contribution in [1.29, 1.82) is 0 Å². The molecular formula is C41H59ClN4O3. The molecule has 2 aliphatic rings. The molecule has 0 spiro atoms. The fourth-order valence-corrected chi connectivity index (χ4v) is 6.61. The van der Waals surface area contributed by atoms with Crippen molar-refractivity contribution in [3.8, 4) is 0 Å². The first-order valence-electron chi connectivity index (χ1n) is 18.1. The minimum absolute atomic E-state index is 0.0165. The van der Waals surface area contributed by atoms with Crippen molar-refractivity contribution >= 4 is 23.4 Å². The summed E-state index contributed by atoms with van der Waals surface area (Å²) in [6.45, 7) is 21.1. The van der Waals surface area contributed by atoms with Gasteiger partial charge in [0, 0.05) is 62.7 Å². The van der Waals surface area contributed by atoms with E-state index in [1.54, 1.807) is 0 Å². The molecule has 4 rings (SSSR count). The second-order valence-electron chi connectivity index (χ2n) is 12.9. The van der Waals surface area contributed by atoms with Crippen LogP contribution in [0.25, 0.3) is 0 Å². The second-order valence-corrected chi connectivity index (χ2v) is 13.4. The van der Waals surface area contributed by atoms with Crippen molar-refractivity contribution in [3.63, 3.8) is 0 Å². The maximum absolute atomic E-state index is 14.0. The minimum atomic E-state index is -0.631. The van der Waals surface area contributed by atoms with Crippen LogP contribution in [0.1, 0.15) is 71.0 Å². The molecule has 1 heterocycles. The normalized spacial score (nSPS) is 19.6. The number of carbonyl (C=O) groups excluding carboxylic acids is 2. The molecule has 0 saturated carbocycles. The quantitative estimate of drug-likeness (QED) is 0.191. The van der Waals surface area contributed by atoms with Gasteiger partial charge in [0.1, 0.15) is 6.04 Å². The van der Waals surface area contributed by atoms with Crippen LogP contribution < -0.4 is 10.6 Å². The summed E-state index contributed by atoms with van der Waals surface area (Å²) in [6.07, 6.45) is 9.02. The van der Waals surface area contributed by atoms with Crippen molar-refractivity contribution in [2.45, 2.75) is 72.4 Å². The zero-order chi connectivity index (χ0) is 35.6. The van der Waals surface area contributed by atoms with E-state index in [-0.39, 0.29) is 29.7 Å². The molecule has 1 fully saturated rings. The van der Waals surface area contributed by atoms with Crippen LogP contribution in [0.4, 0.5) is 0 Å². The average molecular weight is 691 g/mol. The van der Waals surface area contributed by atoms with Gasteiger partial charge in [0.05, 0.1) is 6.61 Å². The van der Waals surface area contributed by atoms with Gasteiger partial charge in [-0.3, -0.25) is 14.5 Å². The SMILES string of the molecule is C=CC1=C(/C=C\CC)CC(C(=O)NC(Cc2ccc(Cl)cc2)C(=O)N2CCN(C(C)c3ccccc3)CC2)C(C)C1.CCNCCOCC. The lowest BCUT2D eigenvalue weighted by Gasteiger charge is -2.39. The highest BCUT2D eigenvalue weighted by atomic mass is 35.5. The summed E-state index contributed by atoms with van der Waals surface area (Å²) in [5, 5.41) is 7.01. The number of rotatable bonds is 15. The molecule has 2 N–H and O–H groups in total. The van der Waals surface area contributed by atoms with Crippen molar-refractivity contribution in [2.24, 2.45) is 11.8 Å². The summed E-state index contributed by atoms with van der Waals surface area (Å²) in [5.41, 5.74) is 4.64. The molecule has 0 bridgehead atoms. The number of hydrogen-bond donors (Lipinski definition) is 2. The van der Waals surface area contributed by atoms with Gasteiger partial charge in [-0.2, -0.15) is 0 Å². The molecule has 1 aliphatic carbocycles. The molecule has 49 heavy (non-hydrogen) atoms. The molecule has 4 atom stereocenters. The largest absolute Gasteiger partial charge is 0.380 e. The summed E-state index contributed by atoms with van der Waals surface area (Å²) in [7, 11) is 0. The average Bonchev–Trinajstić information content (AvgIpc) is 3.13. The van der Waals surface area contributed by atoms with E-state index in [0.717, 1.165) is 57.8 Å². The number of likely N-dealkylation sites (N-methyl/N-ethyl adjacent to an activating group) is 1. The molecular weight excluding hydrogens is 632 g/mol. The van der Waals surface area contributed by atoms with Crippen LogP contribution in [-0.2, 0) is 20.7 Å². The van der Waals surface area contributed by atoms with Crippen molar-refractivity contribution in [3.05, 3.63) is 107 Å². The Hall–Kier alpha value is -3.23. The van der Waals surface area contributed by atoms with E-state index in [9.17, 15) is 9.59 Å². The molecule has 4 unspecified atom stereocenters. The number of hydrogen-bond acceptors (Lipinski definition) is 5. The first-order chi connectivity index (χ1) is 23.7. The summed E-state index contributed by atoms with van der Waals surface area (Å²) in [5.74, 6) is -0.0979. The number of halogens is 1. The zero-order valence-corrected chi connectivity index (χ0v) is 31.2. The Morgan fingerprint density at radius 2 is 1.69 bits per heavy atom. The van der Waals surface area contributed by atoms with Crippen LogP contribution in [-0.4, -0.2) is 80.1 Å². The second kappa shape index (κ2) is 21.8. The Morgan fingerprint density at radius 1 is 1.00 bits per heavy atom. The molecule has 2 amide bonds. The first kappa shape index (κ1) is 40.2. The van der Waals surface area contributed by atoms with Gasteiger partial charge in [-0.1, -0.05) is 99.6 Å². The van der Waals surface area contributed by atoms with E-state index in [1.165, 1.54) is 16.7 Å². The van der Waals surface area contributed by atoms with E-state index < -0.39 is 6.04 Å². The number of allylic oxidation sites excluding steroid dienone is 5. The van der Waals surface area contributed by atoms with Gasteiger partial charge in [0.15, 0.2) is 0 Å². The Balaban J connectivity index is 0.000000723. The molecule has 7 nitrogen and oxygen atoms in total. The third-order valence-electron chi connectivity index (χ3n) is 9.52. The lowest BCUT2D eigenvalue weighted by molar-refractivity contribution is -0.139. The lowest BCUT2D eigenvalue weighted by atomic mass is 9.76. The molecule has 0 aromatic heterocycles. The Morgan fingerprint density at radius 3 is 2.31 bits per heavy atom. The van der Waals surface area contributed by atoms with E-state index in [0.29, 0.717) is 31.0 Å². The van der Waals surface area contributed by atoms with Crippen molar-refractivity contribution in [2.75, 3.05) is 52.5 Å².